The average molecular weight is 412 g/mol. The van der Waals surface area contributed by atoms with Crippen molar-refractivity contribution in [2.75, 3.05) is 29.1 Å². The van der Waals surface area contributed by atoms with Gasteiger partial charge in [-0.05, 0) is 25.0 Å². The number of pyridine rings is 1. The van der Waals surface area contributed by atoms with E-state index in [1.807, 2.05) is 25.8 Å². The maximum atomic E-state index is 12.9. The van der Waals surface area contributed by atoms with Crippen LogP contribution in [0.5, 0.6) is 0 Å². The van der Waals surface area contributed by atoms with Gasteiger partial charge in [-0.15, -0.1) is 0 Å². The van der Waals surface area contributed by atoms with E-state index in [0.717, 1.165) is 5.56 Å². The molecule has 1 aliphatic heterocycles. The number of aromatic nitrogens is 3. The van der Waals surface area contributed by atoms with E-state index in [-0.39, 0.29) is 11.9 Å². The number of amides is 1. The molecule has 2 aromatic rings. The highest BCUT2D eigenvalue weighted by atomic mass is 19.1. The quantitative estimate of drug-likeness (QED) is 0.388. The zero-order chi connectivity index (χ0) is 21.7. The van der Waals surface area contributed by atoms with Crippen LogP contribution in [0.1, 0.15) is 24.6 Å². The lowest BCUT2D eigenvalue weighted by Gasteiger charge is -2.34. The summed E-state index contributed by atoms with van der Waals surface area (Å²) in [6.07, 6.45) is 5.06. The molecule has 1 atom stereocenters. The highest BCUT2D eigenvalue weighted by molar-refractivity contribution is 6.03. The van der Waals surface area contributed by atoms with Gasteiger partial charge in [0, 0.05) is 44.3 Å². The van der Waals surface area contributed by atoms with Crippen LogP contribution in [-0.2, 0) is 11.3 Å². The van der Waals surface area contributed by atoms with Gasteiger partial charge in [0.1, 0.15) is 11.7 Å². The van der Waals surface area contributed by atoms with Gasteiger partial charge in [0.15, 0.2) is 5.82 Å². The minimum atomic E-state index is -0.519. The number of nitrogens with zero attached hydrogens (tertiary/aromatic N) is 4. The number of carbonyl (C=O) groups excluding carboxylic acids is 1. The number of halogens is 1. The highest BCUT2D eigenvalue weighted by Crippen LogP contribution is 2.32. The van der Waals surface area contributed by atoms with E-state index in [4.69, 9.17) is 5.41 Å². The van der Waals surface area contributed by atoms with Crippen LogP contribution in [0.3, 0.4) is 0 Å². The van der Waals surface area contributed by atoms with E-state index in [1.54, 1.807) is 12.3 Å². The first kappa shape index (κ1) is 21.2. The summed E-state index contributed by atoms with van der Waals surface area (Å²) in [5.41, 5.74) is 2.79. The molecule has 3 heterocycles. The van der Waals surface area contributed by atoms with Gasteiger partial charge in [0.2, 0.25) is 17.8 Å². The van der Waals surface area contributed by atoms with E-state index in [9.17, 15) is 9.18 Å². The molecule has 4 N–H and O–H groups in total. The molecule has 158 valence electrons. The van der Waals surface area contributed by atoms with Gasteiger partial charge in [-0.25, -0.2) is 9.97 Å². The maximum Gasteiger partial charge on any atom is 0.247 e. The van der Waals surface area contributed by atoms with Crippen molar-refractivity contribution in [3.05, 3.63) is 47.3 Å². The smallest absolute Gasteiger partial charge is 0.247 e. The normalized spacial score (nSPS) is 16.0. The van der Waals surface area contributed by atoms with E-state index in [0.29, 0.717) is 48.2 Å². The number of nitrogens with one attached hydrogen (secondary N) is 4. The van der Waals surface area contributed by atoms with Crippen LogP contribution in [0.25, 0.3) is 0 Å². The lowest BCUT2D eigenvalue weighted by Crippen LogP contribution is -2.46. The standard InChI is InChI=1S/C20H25FN8O/c1-4-15-19(30)27-17-12(2)26-20(28-18(17)29(15)3)25-11-14(7-22)9-23-8-13-5-6-16(21)24-10-13/h5-7,9-10,15,22-23H,4,8,11H2,1-3H3,(H,27,30)(H,25,26,28)/b14-9+,22-7?/t15-/m0/s1. The number of hydrogen-bond acceptors (Lipinski definition) is 8. The predicted molar refractivity (Wildman–Crippen MR) is 114 cm³/mol. The molecule has 0 unspecified atom stereocenters. The number of rotatable bonds is 8. The topological polar surface area (TPSA) is 119 Å². The van der Waals surface area contributed by atoms with Crippen molar-refractivity contribution >= 4 is 29.6 Å². The van der Waals surface area contributed by atoms with Gasteiger partial charge < -0.3 is 26.3 Å². The van der Waals surface area contributed by atoms with Gasteiger partial charge in [-0.3, -0.25) is 4.79 Å². The summed E-state index contributed by atoms with van der Waals surface area (Å²) in [4.78, 5) is 26.7. The van der Waals surface area contributed by atoms with E-state index >= 15 is 0 Å². The third-order valence-electron chi connectivity index (χ3n) is 4.83. The molecule has 0 saturated heterocycles. The second-order valence-electron chi connectivity index (χ2n) is 6.94. The second kappa shape index (κ2) is 9.29. The first-order valence-corrected chi connectivity index (χ1v) is 9.62. The Bertz CT molecular complexity index is 960. The molecule has 3 rings (SSSR count). The summed E-state index contributed by atoms with van der Waals surface area (Å²) in [5.74, 6) is 0.504. The molecule has 30 heavy (non-hydrogen) atoms. The third kappa shape index (κ3) is 4.70. The van der Waals surface area contributed by atoms with Crippen molar-refractivity contribution < 1.29 is 9.18 Å². The molecule has 0 aliphatic carbocycles. The Morgan fingerprint density at radius 1 is 1.40 bits per heavy atom. The lowest BCUT2D eigenvalue weighted by molar-refractivity contribution is -0.117. The first-order chi connectivity index (χ1) is 14.4. The van der Waals surface area contributed by atoms with E-state index in [1.165, 1.54) is 18.5 Å². The van der Waals surface area contributed by atoms with Crippen molar-refractivity contribution in [3.8, 4) is 0 Å². The second-order valence-corrected chi connectivity index (χ2v) is 6.94. The first-order valence-electron chi connectivity index (χ1n) is 9.62. The Hall–Kier alpha value is -3.56. The Morgan fingerprint density at radius 3 is 2.87 bits per heavy atom. The highest BCUT2D eigenvalue weighted by Gasteiger charge is 2.32. The fourth-order valence-electron chi connectivity index (χ4n) is 3.16. The van der Waals surface area contributed by atoms with Gasteiger partial charge in [0.05, 0.1) is 5.69 Å². The summed E-state index contributed by atoms with van der Waals surface area (Å²) < 4.78 is 12.9. The maximum absolute atomic E-state index is 12.9. The van der Waals surface area contributed by atoms with Gasteiger partial charge in [-0.2, -0.15) is 9.37 Å². The van der Waals surface area contributed by atoms with Crippen LogP contribution in [0.4, 0.5) is 21.8 Å². The Balaban J connectivity index is 1.66. The van der Waals surface area contributed by atoms with Crippen molar-refractivity contribution in [1.82, 2.24) is 20.3 Å². The Labute approximate surface area is 174 Å². The molecule has 0 fully saturated rings. The van der Waals surface area contributed by atoms with Crippen molar-refractivity contribution in [1.29, 1.82) is 5.41 Å². The van der Waals surface area contributed by atoms with Crippen LogP contribution >= 0.6 is 0 Å². The minimum absolute atomic E-state index is 0.0589. The molecule has 10 heteroatoms. The number of fused-ring (bicyclic) bond motifs is 1. The molecule has 0 radical (unpaired) electrons. The Kier molecular flexibility index (Phi) is 6.55. The molecule has 0 aromatic carbocycles. The SMILES string of the molecule is CC[C@H]1C(=O)Nc2c(C)nc(NC/C(C=N)=C/NCc3ccc(F)nc3)nc2N1C. The van der Waals surface area contributed by atoms with Crippen LogP contribution < -0.4 is 20.9 Å². The van der Waals surface area contributed by atoms with Crippen molar-refractivity contribution in [2.45, 2.75) is 32.9 Å². The van der Waals surface area contributed by atoms with Crippen LogP contribution in [0.2, 0.25) is 0 Å². The van der Waals surface area contributed by atoms with Crippen LogP contribution in [0, 0.1) is 18.3 Å². The monoisotopic (exact) mass is 412 g/mol. The fraction of sp³-hybridized carbons (Fsp3) is 0.350. The predicted octanol–water partition coefficient (Wildman–Crippen LogP) is 2.22. The molecule has 0 spiro atoms. The summed E-state index contributed by atoms with van der Waals surface area (Å²) >= 11 is 0. The summed E-state index contributed by atoms with van der Waals surface area (Å²) in [6, 6.07) is 2.67. The molecular weight excluding hydrogens is 387 g/mol. The molecule has 2 aromatic heterocycles. The van der Waals surface area contributed by atoms with Crippen LogP contribution in [0.15, 0.2) is 30.1 Å². The number of hydrogen-bond donors (Lipinski definition) is 4. The molecule has 0 saturated carbocycles. The summed E-state index contributed by atoms with van der Waals surface area (Å²) in [6.45, 7) is 4.57. The van der Waals surface area contributed by atoms with Gasteiger partial charge >= 0.3 is 0 Å². The Morgan fingerprint density at radius 2 is 2.20 bits per heavy atom. The number of anilines is 3. The van der Waals surface area contributed by atoms with Crippen molar-refractivity contribution in [3.63, 3.8) is 0 Å². The minimum Gasteiger partial charge on any atom is -0.386 e. The number of carbonyl (C=O) groups is 1. The average Bonchev–Trinajstić information content (AvgIpc) is 2.73. The molecule has 1 amide bonds. The third-order valence-corrected chi connectivity index (χ3v) is 4.83. The van der Waals surface area contributed by atoms with Gasteiger partial charge in [0.25, 0.3) is 0 Å². The van der Waals surface area contributed by atoms with Crippen LogP contribution in [-0.4, -0.2) is 46.7 Å². The summed E-state index contributed by atoms with van der Waals surface area (Å²) in [5, 5.41) is 16.7. The fourth-order valence-corrected chi connectivity index (χ4v) is 3.16. The molecule has 0 bridgehead atoms. The lowest BCUT2D eigenvalue weighted by atomic mass is 10.1. The van der Waals surface area contributed by atoms with E-state index < -0.39 is 5.95 Å². The molecular formula is C20H25FN8O. The van der Waals surface area contributed by atoms with Crippen molar-refractivity contribution in [2.24, 2.45) is 0 Å². The number of aryl methyl sites for hydroxylation is 1. The largest absolute Gasteiger partial charge is 0.386 e. The summed E-state index contributed by atoms with van der Waals surface area (Å²) in [7, 11) is 1.85. The van der Waals surface area contributed by atoms with E-state index in [2.05, 4.69) is 30.9 Å². The zero-order valence-electron chi connectivity index (χ0n) is 17.2. The van der Waals surface area contributed by atoms with Gasteiger partial charge in [-0.1, -0.05) is 13.0 Å². The number of likely N-dealkylation sites (N-methyl/N-ethyl adjacent to an activating group) is 1. The molecule has 1 aliphatic rings. The molecule has 9 nitrogen and oxygen atoms in total. The zero-order valence-corrected chi connectivity index (χ0v) is 17.2.